The number of hydrogen-bond acceptors (Lipinski definition) is 3. The van der Waals surface area contributed by atoms with E-state index in [1.807, 2.05) is 11.8 Å². The summed E-state index contributed by atoms with van der Waals surface area (Å²) in [6.07, 6.45) is 0. The number of hydrogen-bond donors (Lipinski definition) is 1. The Kier molecular flexibility index (Phi) is 4.33. The fourth-order valence-corrected chi connectivity index (χ4v) is 2.19. The number of nitrogens with two attached hydrogens (primary N) is 1. The minimum Gasteiger partial charge on any atom is -0.381 e. The first-order valence-electron chi connectivity index (χ1n) is 6.00. The predicted octanol–water partition coefficient (Wildman–Crippen LogP) is 0.855. The van der Waals surface area contributed by atoms with Crippen LogP contribution >= 0.6 is 0 Å². The van der Waals surface area contributed by atoms with Crippen LogP contribution in [0.2, 0.25) is 0 Å². The average molecular weight is 228 g/mol. The van der Waals surface area contributed by atoms with Crippen LogP contribution in [-0.2, 0) is 9.53 Å². The second kappa shape index (κ2) is 5.15. The fraction of sp³-hybridized carbons (Fsp3) is 0.917. The molecule has 4 nitrogen and oxygen atoms in total. The fourth-order valence-electron chi connectivity index (χ4n) is 2.19. The number of rotatable bonds is 4. The molecule has 2 atom stereocenters. The lowest BCUT2D eigenvalue weighted by Gasteiger charge is -2.24. The van der Waals surface area contributed by atoms with Gasteiger partial charge in [0.2, 0.25) is 5.91 Å². The van der Waals surface area contributed by atoms with Gasteiger partial charge in [-0.2, -0.15) is 0 Å². The normalized spacial score (nSPS) is 25.8. The summed E-state index contributed by atoms with van der Waals surface area (Å²) in [4.78, 5) is 13.7. The molecule has 1 fully saturated rings. The van der Waals surface area contributed by atoms with E-state index < -0.39 is 6.04 Å². The monoisotopic (exact) mass is 228 g/mol. The van der Waals surface area contributed by atoms with Crippen molar-refractivity contribution in [3.05, 3.63) is 0 Å². The van der Waals surface area contributed by atoms with E-state index in [-0.39, 0.29) is 11.3 Å². The number of likely N-dealkylation sites (tertiary alicyclic amines) is 1. The molecule has 1 heterocycles. The van der Waals surface area contributed by atoms with E-state index in [2.05, 4.69) is 13.8 Å². The van der Waals surface area contributed by atoms with E-state index in [9.17, 15) is 4.79 Å². The van der Waals surface area contributed by atoms with Crippen LogP contribution in [0, 0.1) is 11.3 Å². The smallest absolute Gasteiger partial charge is 0.239 e. The van der Waals surface area contributed by atoms with E-state index in [0.29, 0.717) is 5.92 Å². The molecule has 0 saturated carbocycles. The summed E-state index contributed by atoms with van der Waals surface area (Å²) in [5.74, 6) is 0.460. The van der Waals surface area contributed by atoms with Gasteiger partial charge in [-0.25, -0.2) is 0 Å². The van der Waals surface area contributed by atoms with Crippen molar-refractivity contribution in [2.45, 2.75) is 33.7 Å². The molecule has 1 saturated heterocycles. The predicted molar refractivity (Wildman–Crippen MR) is 64.0 cm³/mol. The van der Waals surface area contributed by atoms with Crippen LogP contribution in [0.25, 0.3) is 0 Å². The van der Waals surface area contributed by atoms with Crippen LogP contribution in [0.5, 0.6) is 0 Å². The average Bonchev–Trinajstić information content (AvgIpc) is 2.49. The Bertz CT molecular complexity index is 251. The lowest BCUT2D eigenvalue weighted by atomic mass is 9.83. The molecule has 4 heteroatoms. The topological polar surface area (TPSA) is 55.6 Å². The van der Waals surface area contributed by atoms with Crippen molar-refractivity contribution in [3.63, 3.8) is 0 Å². The van der Waals surface area contributed by atoms with E-state index in [1.165, 1.54) is 0 Å². The van der Waals surface area contributed by atoms with Gasteiger partial charge in [-0.05, 0) is 19.3 Å². The molecule has 0 unspecified atom stereocenters. The summed E-state index contributed by atoms with van der Waals surface area (Å²) in [5.41, 5.74) is 5.75. The van der Waals surface area contributed by atoms with E-state index in [0.717, 1.165) is 26.3 Å². The summed E-state index contributed by atoms with van der Waals surface area (Å²) >= 11 is 0. The zero-order valence-electron chi connectivity index (χ0n) is 10.8. The number of carbonyl (C=O) groups excluding carboxylic acids is 1. The van der Waals surface area contributed by atoms with Gasteiger partial charge in [0.25, 0.3) is 0 Å². The first-order valence-corrected chi connectivity index (χ1v) is 6.00. The van der Waals surface area contributed by atoms with Crippen LogP contribution in [0.1, 0.15) is 27.7 Å². The molecule has 0 aromatic rings. The van der Waals surface area contributed by atoms with E-state index in [1.54, 1.807) is 6.92 Å². The first-order chi connectivity index (χ1) is 7.38. The molecular formula is C12H24N2O2. The number of carbonyl (C=O) groups is 1. The Morgan fingerprint density at radius 2 is 2.25 bits per heavy atom. The SMILES string of the molecule is CCOC[C@H]1CN(C(=O)[C@H](C)N)CC1(C)C. The Hall–Kier alpha value is -0.610. The summed E-state index contributed by atoms with van der Waals surface area (Å²) in [6.45, 7) is 11.1. The molecule has 16 heavy (non-hydrogen) atoms. The molecule has 0 aromatic carbocycles. The van der Waals surface area contributed by atoms with Crippen molar-refractivity contribution in [2.24, 2.45) is 17.1 Å². The number of amides is 1. The minimum atomic E-state index is -0.401. The highest BCUT2D eigenvalue weighted by atomic mass is 16.5. The summed E-state index contributed by atoms with van der Waals surface area (Å²) < 4.78 is 5.47. The zero-order valence-corrected chi connectivity index (χ0v) is 10.8. The Labute approximate surface area is 98.1 Å². The van der Waals surface area contributed by atoms with Crippen molar-refractivity contribution in [1.29, 1.82) is 0 Å². The third kappa shape index (κ3) is 2.95. The molecule has 0 spiro atoms. The van der Waals surface area contributed by atoms with Gasteiger partial charge in [-0.1, -0.05) is 13.8 Å². The first kappa shape index (κ1) is 13.5. The quantitative estimate of drug-likeness (QED) is 0.776. The van der Waals surface area contributed by atoms with Gasteiger partial charge in [0.15, 0.2) is 0 Å². The maximum absolute atomic E-state index is 11.8. The molecule has 1 amide bonds. The van der Waals surface area contributed by atoms with Crippen LogP contribution < -0.4 is 5.73 Å². The van der Waals surface area contributed by atoms with Gasteiger partial charge in [0.1, 0.15) is 0 Å². The van der Waals surface area contributed by atoms with Gasteiger partial charge in [0.05, 0.1) is 12.6 Å². The lowest BCUT2D eigenvalue weighted by molar-refractivity contribution is -0.131. The minimum absolute atomic E-state index is 0.0482. The maximum atomic E-state index is 11.8. The van der Waals surface area contributed by atoms with Gasteiger partial charge >= 0.3 is 0 Å². The van der Waals surface area contributed by atoms with Gasteiger partial charge in [-0.3, -0.25) is 4.79 Å². The molecule has 1 aliphatic rings. The number of ether oxygens (including phenoxy) is 1. The summed E-state index contributed by atoms with van der Waals surface area (Å²) in [7, 11) is 0. The largest absolute Gasteiger partial charge is 0.381 e. The molecule has 0 bridgehead atoms. The standard InChI is InChI=1S/C12H24N2O2/c1-5-16-7-10-6-14(8-12(10,3)4)11(15)9(2)13/h9-10H,5-8,13H2,1-4H3/t9-,10+/m0/s1. The molecule has 1 rings (SSSR count). The maximum Gasteiger partial charge on any atom is 0.239 e. The van der Waals surface area contributed by atoms with Crippen LogP contribution in [-0.4, -0.2) is 43.2 Å². The third-order valence-corrected chi connectivity index (χ3v) is 3.37. The van der Waals surface area contributed by atoms with E-state index in [4.69, 9.17) is 10.5 Å². The van der Waals surface area contributed by atoms with Gasteiger partial charge in [0, 0.05) is 25.6 Å². The highest BCUT2D eigenvalue weighted by Gasteiger charge is 2.41. The molecule has 1 aliphatic heterocycles. The molecule has 0 radical (unpaired) electrons. The van der Waals surface area contributed by atoms with Crippen LogP contribution in [0.15, 0.2) is 0 Å². The Balaban J connectivity index is 2.60. The van der Waals surface area contributed by atoms with Crippen molar-refractivity contribution in [3.8, 4) is 0 Å². The third-order valence-electron chi connectivity index (χ3n) is 3.37. The molecule has 2 N–H and O–H groups in total. The van der Waals surface area contributed by atoms with Crippen molar-refractivity contribution in [2.75, 3.05) is 26.3 Å². The second-order valence-corrected chi connectivity index (χ2v) is 5.35. The molecule has 0 aliphatic carbocycles. The molecular weight excluding hydrogens is 204 g/mol. The van der Waals surface area contributed by atoms with E-state index >= 15 is 0 Å². The Morgan fingerprint density at radius 3 is 2.75 bits per heavy atom. The lowest BCUT2D eigenvalue weighted by Crippen LogP contribution is -2.41. The number of nitrogens with zero attached hydrogens (tertiary/aromatic N) is 1. The summed E-state index contributed by atoms with van der Waals surface area (Å²) in [5, 5.41) is 0. The Morgan fingerprint density at radius 1 is 1.62 bits per heavy atom. The zero-order chi connectivity index (χ0) is 12.3. The second-order valence-electron chi connectivity index (χ2n) is 5.35. The van der Waals surface area contributed by atoms with Gasteiger partial charge in [-0.15, -0.1) is 0 Å². The highest BCUT2D eigenvalue weighted by molar-refractivity contribution is 5.81. The van der Waals surface area contributed by atoms with Crippen molar-refractivity contribution >= 4 is 5.91 Å². The molecule has 94 valence electrons. The summed E-state index contributed by atoms with van der Waals surface area (Å²) in [6, 6.07) is -0.401. The van der Waals surface area contributed by atoms with Crippen LogP contribution in [0.4, 0.5) is 0 Å². The molecule has 0 aromatic heterocycles. The van der Waals surface area contributed by atoms with Gasteiger partial charge < -0.3 is 15.4 Å². The van der Waals surface area contributed by atoms with Crippen molar-refractivity contribution < 1.29 is 9.53 Å². The van der Waals surface area contributed by atoms with Crippen molar-refractivity contribution in [1.82, 2.24) is 4.90 Å². The highest BCUT2D eigenvalue weighted by Crippen LogP contribution is 2.35. The van der Waals surface area contributed by atoms with Crippen LogP contribution in [0.3, 0.4) is 0 Å².